The number of aromatic nitrogens is 4. The highest BCUT2D eigenvalue weighted by atomic mass is 16.1. The van der Waals surface area contributed by atoms with Gasteiger partial charge in [0, 0.05) is 36.1 Å². The van der Waals surface area contributed by atoms with E-state index < -0.39 is 0 Å². The van der Waals surface area contributed by atoms with E-state index in [-0.39, 0.29) is 11.9 Å². The Hall–Kier alpha value is -2.89. The Balaban J connectivity index is 1.63. The molecule has 1 aromatic carbocycles. The van der Waals surface area contributed by atoms with Crippen LogP contribution in [0.1, 0.15) is 28.7 Å². The Kier molecular flexibility index (Phi) is 4.23. The van der Waals surface area contributed by atoms with Crippen LogP contribution in [0.2, 0.25) is 0 Å². The minimum atomic E-state index is -0.0831. The van der Waals surface area contributed by atoms with E-state index in [4.69, 9.17) is 0 Å². The average Bonchev–Trinajstić information content (AvgIpc) is 3.19. The third-order valence-electron chi connectivity index (χ3n) is 3.57. The number of carbonyl (C=O) groups excluding carboxylic acids is 1. The molecule has 0 radical (unpaired) electrons. The van der Waals surface area contributed by atoms with E-state index >= 15 is 0 Å². The molecule has 118 valence electrons. The van der Waals surface area contributed by atoms with Gasteiger partial charge < -0.3 is 10.3 Å². The lowest BCUT2D eigenvalue weighted by Crippen LogP contribution is -2.34. The molecule has 0 aliphatic carbocycles. The minimum Gasteiger partial charge on any atom is -0.349 e. The highest BCUT2D eigenvalue weighted by molar-refractivity contribution is 5.94. The maximum absolute atomic E-state index is 12.3. The smallest absolute Gasteiger partial charge is 0.251 e. The van der Waals surface area contributed by atoms with E-state index in [2.05, 4.69) is 20.4 Å². The molecule has 1 atom stereocenters. The Morgan fingerprint density at radius 1 is 1.30 bits per heavy atom. The normalized spacial score (nSPS) is 12.1. The number of hydrogen-bond donors (Lipinski definition) is 2. The van der Waals surface area contributed by atoms with Gasteiger partial charge in [0.1, 0.15) is 0 Å². The number of aryl methyl sites for hydroxylation is 1. The number of hydrogen-bond acceptors (Lipinski definition) is 3. The third-order valence-corrected chi connectivity index (χ3v) is 3.57. The first-order valence-corrected chi connectivity index (χ1v) is 7.52. The predicted molar refractivity (Wildman–Crippen MR) is 87.5 cm³/mol. The van der Waals surface area contributed by atoms with E-state index in [9.17, 15) is 4.79 Å². The van der Waals surface area contributed by atoms with Gasteiger partial charge in [0.2, 0.25) is 0 Å². The van der Waals surface area contributed by atoms with Gasteiger partial charge in [-0.2, -0.15) is 5.10 Å². The molecule has 1 unspecified atom stereocenters. The molecule has 2 heterocycles. The van der Waals surface area contributed by atoms with Crippen molar-refractivity contribution < 1.29 is 4.79 Å². The van der Waals surface area contributed by atoms with Crippen LogP contribution in [0.25, 0.3) is 5.69 Å². The van der Waals surface area contributed by atoms with E-state index in [0.29, 0.717) is 5.56 Å². The van der Waals surface area contributed by atoms with Crippen LogP contribution in [-0.2, 0) is 6.42 Å². The molecular weight excluding hydrogens is 290 g/mol. The molecule has 0 saturated heterocycles. The fourth-order valence-electron chi connectivity index (χ4n) is 2.41. The highest BCUT2D eigenvalue weighted by Gasteiger charge is 2.11. The van der Waals surface area contributed by atoms with Gasteiger partial charge in [-0.05, 0) is 44.2 Å². The summed E-state index contributed by atoms with van der Waals surface area (Å²) in [5.41, 5.74) is 3.52. The van der Waals surface area contributed by atoms with Crippen LogP contribution < -0.4 is 5.32 Å². The molecule has 0 spiro atoms. The third kappa shape index (κ3) is 3.66. The van der Waals surface area contributed by atoms with Crippen molar-refractivity contribution in [3.63, 3.8) is 0 Å². The first-order chi connectivity index (χ1) is 11.1. The van der Waals surface area contributed by atoms with Gasteiger partial charge in [-0.25, -0.2) is 9.67 Å². The predicted octanol–water partition coefficient (Wildman–Crippen LogP) is 2.26. The van der Waals surface area contributed by atoms with Gasteiger partial charge in [0.15, 0.2) is 0 Å². The zero-order valence-electron chi connectivity index (χ0n) is 13.2. The Morgan fingerprint density at radius 2 is 2.09 bits per heavy atom. The summed E-state index contributed by atoms with van der Waals surface area (Å²) in [5.74, 6) is -0.0831. The number of aromatic amines is 1. The molecule has 2 N–H and O–H groups in total. The van der Waals surface area contributed by atoms with Crippen LogP contribution in [0.3, 0.4) is 0 Å². The van der Waals surface area contributed by atoms with Crippen molar-refractivity contribution >= 4 is 5.91 Å². The van der Waals surface area contributed by atoms with Crippen LogP contribution >= 0.6 is 0 Å². The number of amides is 1. The summed E-state index contributed by atoms with van der Waals surface area (Å²) < 4.78 is 1.79. The van der Waals surface area contributed by atoms with Crippen LogP contribution in [-0.4, -0.2) is 31.7 Å². The van der Waals surface area contributed by atoms with E-state index in [1.165, 1.54) is 0 Å². The molecule has 0 aliphatic heterocycles. The number of H-pyrrole nitrogens is 1. The summed E-state index contributed by atoms with van der Waals surface area (Å²) in [4.78, 5) is 19.3. The molecule has 6 heteroatoms. The highest BCUT2D eigenvalue weighted by Crippen LogP contribution is 2.10. The topological polar surface area (TPSA) is 75.6 Å². The lowest BCUT2D eigenvalue weighted by atomic mass is 10.1. The number of nitrogens with zero attached hydrogens (tertiary/aromatic N) is 3. The van der Waals surface area contributed by atoms with Crippen molar-refractivity contribution in [2.45, 2.75) is 26.3 Å². The standard InChI is InChI=1S/C17H19N5O/c1-12-7-8-22(21-12)16-5-3-14(4-6-16)17(23)20-13(2)9-15-10-18-11-19-15/h3-8,10-11,13H,9H2,1-2H3,(H,18,19)(H,20,23). The summed E-state index contributed by atoms with van der Waals surface area (Å²) in [6.07, 6.45) is 6.02. The van der Waals surface area contributed by atoms with Crippen molar-refractivity contribution in [1.29, 1.82) is 0 Å². The minimum absolute atomic E-state index is 0.0244. The van der Waals surface area contributed by atoms with E-state index in [1.807, 2.05) is 50.4 Å². The molecule has 2 aromatic heterocycles. The van der Waals surface area contributed by atoms with Crippen LogP contribution in [0.15, 0.2) is 49.1 Å². The number of rotatable bonds is 5. The van der Waals surface area contributed by atoms with Crippen LogP contribution in [0.4, 0.5) is 0 Å². The van der Waals surface area contributed by atoms with Gasteiger partial charge in [-0.15, -0.1) is 0 Å². The van der Waals surface area contributed by atoms with Crippen molar-refractivity contribution in [2.75, 3.05) is 0 Å². The molecule has 6 nitrogen and oxygen atoms in total. The fourth-order valence-corrected chi connectivity index (χ4v) is 2.41. The zero-order chi connectivity index (χ0) is 16.2. The first kappa shape index (κ1) is 15.0. The second-order valence-corrected chi connectivity index (χ2v) is 5.60. The summed E-state index contributed by atoms with van der Waals surface area (Å²) in [7, 11) is 0. The maximum Gasteiger partial charge on any atom is 0.251 e. The molecule has 0 bridgehead atoms. The van der Waals surface area contributed by atoms with Gasteiger partial charge in [0.05, 0.1) is 17.7 Å². The van der Waals surface area contributed by atoms with Gasteiger partial charge in [-0.3, -0.25) is 4.79 Å². The zero-order valence-corrected chi connectivity index (χ0v) is 13.2. The van der Waals surface area contributed by atoms with Crippen molar-refractivity contribution in [3.8, 4) is 5.69 Å². The van der Waals surface area contributed by atoms with Gasteiger partial charge in [-0.1, -0.05) is 0 Å². The van der Waals surface area contributed by atoms with Crippen LogP contribution in [0, 0.1) is 6.92 Å². The average molecular weight is 309 g/mol. The van der Waals surface area contributed by atoms with Gasteiger partial charge in [0.25, 0.3) is 5.91 Å². The Bertz CT molecular complexity index is 774. The summed E-state index contributed by atoms with van der Waals surface area (Å²) >= 11 is 0. The number of nitrogens with one attached hydrogen (secondary N) is 2. The van der Waals surface area contributed by atoms with E-state index in [1.54, 1.807) is 17.2 Å². The second-order valence-electron chi connectivity index (χ2n) is 5.60. The lowest BCUT2D eigenvalue weighted by molar-refractivity contribution is 0.0940. The summed E-state index contributed by atoms with van der Waals surface area (Å²) in [6.45, 7) is 3.92. The monoisotopic (exact) mass is 309 g/mol. The summed E-state index contributed by atoms with van der Waals surface area (Å²) in [6, 6.07) is 9.37. The molecule has 3 aromatic rings. The number of benzene rings is 1. The van der Waals surface area contributed by atoms with Crippen LogP contribution in [0.5, 0.6) is 0 Å². The maximum atomic E-state index is 12.3. The first-order valence-electron chi connectivity index (χ1n) is 7.52. The Morgan fingerprint density at radius 3 is 2.70 bits per heavy atom. The number of carbonyl (C=O) groups is 1. The van der Waals surface area contributed by atoms with Crippen molar-refractivity contribution in [1.82, 2.24) is 25.1 Å². The second kappa shape index (κ2) is 6.48. The molecule has 0 fully saturated rings. The van der Waals surface area contributed by atoms with Crippen molar-refractivity contribution in [3.05, 3.63) is 66.0 Å². The molecular formula is C17H19N5O. The molecule has 3 rings (SSSR count). The quantitative estimate of drug-likeness (QED) is 0.759. The van der Waals surface area contributed by atoms with Crippen molar-refractivity contribution in [2.24, 2.45) is 0 Å². The molecule has 0 saturated carbocycles. The molecule has 23 heavy (non-hydrogen) atoms. The molecule has 1 amide bonds. The number of imidazole rings is 1. The van der Waals surface area contributed by atoms with E-state index in [0.717, 1.165) is 23.5 Å². The lowest BCUT2D eigenvalue weighted by Gasteiger charge is -2.13. The fraction of sp³-hybridized carbons (Fsp3) is 0.235. The van der Waals surface area contributed by atoms with Gasteiger partial charge >= 0.3 is 0 Å². The summed E-state index contributed by atoms with van der Waals surface area (Å²) in [5, 5.41) is 7.34. The SMILES string of the molecule is Cc1ccn(-c2ccc(C(=O)NC(C)Cc3cnc[nH]3)cc2)n1. The Labute approximate surface area is 134 Å². The molecule has 0 aliphatic rings. The largest absolute Gasteiger partial charge is 0.349 e.